The van der Waals surface area contributed by atoms with Gasteiger partial charge in [-0.3, -0.25) is 4.79 Å². The fraction of sp³-hybridized carbons (Fsp3) is 0.0556. The molecule has 0 fully saturated rings. The van der Waals surface area contributed by atoms with Gasteiger partial charge < -0.3 is 10.2 Å². The van der Waals surface area contributed by atoms with E-state index in [1.54, 1.807) is 37.3 Å². The van der Waals surface area contributed by atoms with Crippen molar-refractivity contribution in [1.82, 2.24) is 0 Å². The Balaban J connectivity index is 2.04. The van der Waals surface area contributed by atoms with E-state index in [1.165, 1.54) is 12.1 Å². The molecule has 5 heteroatoms. The smallest absolute Gasteiger partial charge is 0.299 e. The van der Waals surface area contributed by atoms with Crippen LogP contribution < -0.4 is 0 Å². The number of aromatic hydroxyl groups is 2. The fourth-order valence-electron chi connectivity index (χ4n) is 2.37. The molecule has 0 aromatic heterocycles. The van der Waals surface area contributed by atoms with Crippen LogP contribution in [0.15, 0.2) is 64.8 Å². The molecule has 0 saturated heterocycles. The Kier molecular flexibility index (Phi) is 3.76. The molecule has 3 aromatic rings. The second kappa shape index (κ2) is 5.88. The van der Waals surface area contributed by atoms with E-state index in [2.05, 4.69) is 10.2 Å². The Labute approximate surface area is 132 Å². The van der Waals surface area contributed by atoms with E-state index in [-0.39, 0.29) is 17.1 Å². The molecule has 1 amide bonds. The summed E-state index contributed by atoms with van der Waals surface area (Å²) in [6, 6.07) is 15.0. The average Bonchev–Trinajstić information content (AvgIpc) is 2.57. The van der Waals surface area contributed by atoms with Gasteiger partial charge in [-0.05, 0) is 30.7 Å². The monoisotopic (exact) mass is 306 g/mol. The lowest BCUT2D eigenvalue weighted by molar-refractivity contribution is 0.0992. The van der Waals surface area contributed by atoms with Gasteiger partial charge in [-0.1, -0.05) is 36.4 Å². The number of hydrogen-bond donors (Lipinski definition) is 2. The largest absolute Gasteiger partial charge is 0.507 e. The van der Waals surface area contributed by atoms with Crippen molar-refractivity contribution >= 4 is 22.4 Å². The van der Waals surface area contributed by atoms with Gasteiger partial charge in [-0.15, -0.1) is 10.2 Å². The minimum absolute atomic E-state index is 0.0936. The molecule has 23 heavy (non-hydrogen) atoms. The number of carbonyl (C=O) groups excluding carboxylic acids is 1. The highest BCUT2D eigenvalue weighted by Gasteiger charge is 2.11. The van der Waals surface area contributed by atoms with Crippen molar-refractivity contribution in [2.75, 3.05) is 0 Å². The van der Waals surface area contributed by atoms with Crippen LogP contribution in [0.1, 0.15) is 15.9 Å². The Bertz CT molecular complexity index is 933. The van der Waals surface area contributed by atoms with Crippen molar-refractivity contribution in [3.05, 3.63) is 65.7 Å². The standard InChI is InChI=1S/C18H14N2O3/c1-11-10-15(12-6-2-3-7-13(12)17(11)22)19-20-18(23)14-8-4-5-9-16(14)21/h2-10,21-22H,1H3. The molecule has 0 heterocycles. The van der Waals surface area contributed by atoms with Crippen LogP contribution in [0.25, 0.3) is 10.8 Å². The van der Waals surface area contributed by atoms with Gasteiger partial charge in [0.2, 0.25) is 0 Å². The number of para-hydroxylation sites is 1. The van der Waals surface area contributed by atoms with E-state index in [9.17, 15) is 15.0 Å². The first-order chi connectivity index (χ1) is 11.1. The topological polar surface area (TPSA) is 82.2 Å². The van der Waals surface area contributed by atoms with Crippen LogP contribution in [0.5, 0.6) is 11.5 Å². The van der Waals surface area contributed by atoms with Crippen LogP contribution in [0.4, 0.5) is 5.69 Å². The first kappa shape index (κ1) is 14.7. The van der Waals surface area contributed by atoms with Crippen LogP contribution in [0.2, 0.25) is 0 Å². The van der Waals surface area contributed by atoms with Crippen molar-refractivity contribution in [2.24, 2.45) is 10.2 Å². The molecule has 114 valence electrons. The van der Waals surface area contributed by atoms with E-state index in [1.807, 2.05) is 12.1 Å². The molecule has 0 radical (unpaired) electrons. The predicted octanol–water partition coefficient (Wildman–Crippen LogP) is 4.48. The van der Waals surface area contributed by atoms with Gasteiger partial charge in [0.25, 0.3) is 5.91 Å². The molecule has 0 aliphatic carbocycles. The maximum absolute atomic E-state index is 12.1. The number of carbonyl (C=O) groups is 1. The third-order valence-corrected chi connectivity index (χ3v) is 3.57. The minimum Gasteiger partial charge on any atom is -0.507 e. The molecule has 5 nitrogen and oxygen atoms in total. The van der Waals surface area contributed by atoms with Crippen molar-refractivity contribution < 1.29 is 15.0 Å². The summed E-state index contributed by atoms with van der Waals surface area (Å²) in [7, 11) is 0. The number of rotatable bonds is 2. The summed E-state index contributed by atoms with van der Waals surface area (Å²) in [5.74, 6) is -0.576. The quantitative estimate of drug-likeness (QED) is 0.685. The first-order valence-electron chi connectivity index (χ1n) is 7.03. The van der Waals surface area contributed by atoms with Gasteiger partial charge in [-0.25, -0.2) is 0 Å². The highest BCUT2D eigenvalue weighted by molar-refractivity contribution is 5.99. The van der Waals surface area contributed by atoms with Crippen molar-refractivity contribution in [3.63, 3.8) is 0 Å². The number of aryl methyl sites for hydroxylation is 1. The Morgan fingerprint density at radius 1 is 0.957 bits per heavy atom. The van der Waals surface area contributed by atoms with Crippen LogP contribution in [-0.4, -0.2) is 16.1 Å². The number of phenolic OH excluding ortho intramolecular Hbond substituents is 2. The molecular formula is C18H14N2O3. The number of benzene rings is 3. The zero-order chi connectivity index (χ0) is 16.4. The van der Waals surface area contributed by atoms with E-state index < -0.39 is 5.91 Å². The molecule has 3 aromatic carbocycles. The van der Waals surface area contributed by atoms with Crippen LogP contribution in [0.3, 0.4) is 0 Å². The van der Waals surface area contributed by atoms with Crippen LogP contribution >= 0.6 is 0 Å². The summed E-state index contributed by atoms with van der Waals surface area (Å²) in [6.07, 6.45) is 0. The van der Waals surface area contributed by atoms with Gasteiger partial charge in [0.15, 0.2) is 0 Å². The zero-order valence-electron chi connectivity index (χ0n) is 12.4. The van der Waals surface area contributed by atoms with E-state index in [0.717, 1.165) is 0 Å². The van der Waals surface area contributed by atoms with Crippen molar-refractivity contribution in [3.8, 4) is 11.5 Å². The summed E-state index contributed by atoms with van der Waals surface area (Å²) in [6.45, 7) is 1.76. The van der Waals surface area contributed by atoms with Gasteiger partial charge >= 0.3 is 0 Å². The first-order valence-corrected chi connectivity index (χ1v) is 7.03. The maximum Gasteiger partial charge on any atom is 0.299 e. The third kappa shape index (κ3) is 2.76. The molecule has 0 saturated carbocycles. The molecule has 3 rings (SSSR count). The number of phenols is 2. The van der Waals surface area contributed by atoms with Gasteiger partial charge in [0, 0.05) is 10.8 Å². The highest BCUT2D eigenvalue weighted by Crippen LogP contribution is 2.35. The lowest BCUT2D eigenvalue weighted by Crippen LogP contribution is -1.93. The number of nitrogens with zero attached hydrogens (tertiary/aromatic N) is 2. The zero-order valence-corrected chi connectivity index (χ0v) is 12.4. The Morgan fingerprint density at radius 2 is 1.61 bits per heavy atom. The van der Waals surface area contributed by atoms with E-state index in [0.29, 0.717) is 22.0 Å². The minimum atomic E-state index is -0.627. The van der Waals surface area contributed by atoms with Gasteiger partial charge in [0.05, 0.1) is 11.3 Å². The molecule has 0 unspecified atom stereocenters. The Hall–Kier alpha value is -3.21. The summed E-state index contributed by atoms with van der Waals surface area (Å²) in [5.41, 5.74) is 1.23. The molecular weight excluding hydrogens is 292 g/mol. The Morgan fingerprint density at radius 3 is 2.35 bits per heavy atom. The second-order valence-electron chi connectivity index (χ2n) is 5.13. The lowest BCUT2D eigenvalue weighted by Gasteiger charge is -2.06. The predicted molar refractivity (Wildman–Crippen MR) is 87.3 cm³/mol. The molecule has 0 bridgehead atoms. The summed E-state index contributed by atoms with van der Waals surface area (Å²) in [5, 5.41) is 28.8. The summed E-state index contributed by atoms with van der Waals surface area (Å²) in [4.78, 5) is 12.1. The molecule has 0 aliphatic rings. The molecule has 2 N–H and O–H groups in total. The van der Waals surface area contributed by atoms with Crippen molar-refractivity contribution in [1.29, 1.82) is 0 Å². The third-order valence-electron chi connectivity index (χ3n) is 3.57. The lowest BCUT2D eigenvalue weighted by atomic mass is 10.0. The molecule has 0 aliphatic heterocycles. The summed E-state index contributed by atoms with van der Waals surface area (Å²) < 4.78 is 0. The number of hydrogen-bond acceptors (Lipinski definition) is 4. The molecule has 0 atom stereocenters. The molecule has 0 spiro atoms. The summed E-state index contributed by atoms with van der Waals surface area (Å²) >= 11 is 0. The average molecular weight is 306 g/mol. The number of fused-ring (bicyclic) bond motifs is 1. The number of amides is 1. The van der Waals surface area contributed by atoms with E-state index in [4.69, 9.17) is 0 Å². The van der Waals surface area contributed by atoms with Gasteiger partial charge in [0.1, 0.15) is 11.5 Å². The SMILES string of the molecule is Cc1cc(N=NC(=O)c2ccccc2O)c2ccccc2c1O. The van der Waals surface area contributed by atoms with E-state index >= 15 is 0 Å². The highest BCUT2D eigenvalue weighted by atomic mass is 16.3. The normalized spacial score (nSPS) is 11.2. The number of azo groups is 1. The van der Waals surface area contributed by atoms with Crippen LogP contribution in [-0.2, 0) is 0 Å². The van der Waals surface area contributed by atoms with Crippen molar-refractivity contribution in [2.45, 2.75) is 6.92 Å². The fourth-order valence-corrected chi connectivity index (χ4v) is 2.37. The van der Waals surface area contributed by atoms with Crippen LogP contribution in [0, 0.1) is 6.92 Å². The second-order valence-corrected chi connectivity index (χ2v) is 5.13. The maximum atomic E-state index is 12.1. The van der Waals surface area contributed by atoms with Gasteiger partial charge in [-0.2, -0.15) is 0 Å².